The molecule has 1 rings (SSSR count). The summed E-state index contributed by atoms with van der Waals surface area (Å²) in [5, 5.41) is 9.38. The predicted molar refractivity (Wildman–Crippen MR) is 69.6 cm³/mol. The molecule has 1 aliphatic rings. The Morgan fingerprint density at radius 1 is 1.25 bits per heavy atom. The van der Waals surface area contributed by atoms with Crippen molar-refractivity contribution in [3.05, 3.63) is 0 Å². The van der Waals surface area contributed by atoms with Gasteiger partial charge in [-0.1, -0.05) is 19.3 Å². The third-order valence-electron chi connectivity index (χ3n) is 3.59. The molecule has 0 spiro atoms. The first-order chi connectivity index (χ1) is 9.19. The van der Waals surface area contributed by atoms with Crippen LogP contribution >= 0.6 is 11.8 Å². The molecule has 1 fully saturated rings. The van der Waals surface area contributed by atoms with Crippen molar-refractivity contribution in [3.8, 4) is 0 Å². The molecule has 1 N–H and O–H groups in total. The largest absolute Gasteiger partial charge is 0.479 e. The fourth-order valence-corrected chi connectivity index (χ4v) is 3.12. The van der Waals surface area contributed by atoms with Gasteiger partial charge in [-0.05, 0) is 12.8 Å². The molecule has 0 radical (unpaired) electrons. The van der Waals surface area contributed by atoms with E-state index >= 15 is 0 Å². The second-order valence-electron chi connectivity index (χ2n) is 4.96. The highest BCUT2D eigenvalue weighted by Crippen LogP contribution is 2.34. The Hall–Kier alpha value is -0.920. The minimum absolute atomic E-state index is 0.356. The van der Waals surface area contributed by atoms with E-state index in [4.69, 9.17) is 0 Å². The molecule has 1 saturated carbocycles. The summed E-state index contributed by atoms with van der Waals surface area (Å²) in [5.41, 5.74) is -1.26. The molecule has 0 aliphatic heterocycles. The van der Waals surface area contributed by atoms with Crippen LogP contribution in [0, 0.1) is 0 Å². The van der Waals surface area contributed by atoms with E-state index in [2.05, 4.69) is 0 Å². The molecule has 0 unspecified atom stereocenters. The van der Waals surface area contributed by atoms with Crippen LogP contribution in [0.3, 0.4) is 0 Å². The lowest BCUT2D eigenvalue weighted by Crippen LogP contribution is -2.56. The summed E-state index contributed by atoms with van der Waals surface area (Å²) in [6.45, 7) is 0. The van der Waals surface area contributed by atoms with Crippen molar-refractivity contribution in [1.29, 1.82) is 0 Å². The highest BCUT2D eigenvalue weighted by molar-refractivity contribution is 8.00. The van der Waals surface area contributed by atoms with Gasteiger partial charge in [0.2, 0.25) is 5.91 Å². The zero-order valence-corrected chi connectivity index (χ0v) is 12.0. The number of thioether (sulfide) groups is 1. The van der Waals surface area contributed by atoms with E-state index in [0.717, 1.165) is 11.3 Å². The van der Waals surface area contributed by atoms with Gasteiger partial charge in [0.05, 0.1) is 11.5 Å². The van der Waals surface area contributed by atoms with Crippen molar-refractivity contribution in [1.82, 2.24) is 4.90 Å². The fraction of sp³-hybridized carbons (Fsp3) is 0.833. The summed E-state index contributed by atoms with van der Waals surface area (Å²) in [5.74, 6) is -3.10. The molecule has 1 amide bonds. The number of aliphatic carboxylic acids is 1. The zero-order chi connectivity index (χ0) is 15.4. The van der Waals surface area contributed by atoms with Gasteiger partial charge in [0.15, 0.2) is 0 Å². The van der Waals surface area contributed by atoms with Crippen LogP contribution in [0.2, 0.25) is 0 Å². The second-order valence-corrected chi connectivity index (χ2v) is 5.94. The molecular weight excluding hydrogens is 295 g/mol. The van der Waals surface area contributed by atoms with Crippen LogP contribution in [0.4, 0.5) is 13.2 Å². The lowest BCUT2D eigenvalue weighted by atomic mass is 9.80. The molecule has 1 aliphatic carbocycles. The van der Waals surface area contributed by atoms with Crippen LogP contribution in [0.15, 0.2) is 0 Å². The van der Waals surface area contributed by atoms with Crippen LogP contribution in [-0.2, 0) is 9.59 Å². The van der Waals surface area contributed by atoms with Crippen molar-refractivity contribution < 1.29 is 27.9 Å². The van der Waals surface area contributed by atoms with Crippen molar-refractivity contribution in [3.63, 3.8) is 0 Å². The minimum atomic E-state index is -4.32. The van der Waals surface area contributed by atoms with Crippen molar-refractivity contribution in [2.45, 2.75) is 43.8 Å². The number of carbonyl (C=O) groups excluding carboxylic acids is 1. The molecule has 0 aromatic heterocycles. The number of carbonyl (C=O) groups is 2. The van der Waals surface area contributed by atoms with E-state index in [-0.39, 0.29) is 5.75 Å². The summed E-state index contributed by atoms with van der Waals surface area (Å²) in [4.78, 5) is 24.5. The Morgan fingerprint density at radius 2 is 1.80 bits per heavy atom. The van der Waals surface area contributed by atoms with E-state index in [1.165, 1.54) is 7.05 Å². The van der Waals surface area contributed by atoms with Gasteiger partial charge in [-0.25, -0.2) is 4.79 Å². The van der Waals surface area contributed by atoms with Crippen molar-refractivity contribution in [2.24, 2.45) is 0 Å². The van der Waals surface area contributed by atoms with Gasteiger partial charge in [-0.3, -0.25) is 4.79 Å². The smallest absolute Gasteiger partial charge is 0.397 e. The molecule has 0 bridgehead atoms. The SMILES string of the molecule is CN(C(=O)CSCC(F)(F)F)C1(C(=O)O)CCCCC1. The van der Waals surface area contributed by atoms with Crippen LogP contribution < -0.4 is 0 Å². The summed E-state index contributed by atoms with van der Waals surface area (Å²) in [6, 6.07) is 0. The molecule has 4 nitrogen and oxygen atoms in total. The van der Waals surface area contributed by atoms with Gasteiger partial charge in [-0.15, -0.1) is 11.8 Å². The lowest BCUT2D eigenvalue weighted by molar-refractivity contribution is -0.159. The summed E-state index contributed by atoms with van der Waals surface area (Å²) >= 11 is 0.462. The van der Waals surface area contributed by atoms with E-state index in [9.17, 15) is 27.9 Å². The topological polar surface area (TPSA) is 57.6 Å². The van der Waals surface area contributed by atoms with Crippen LogP contribution in [-0.4, -0.2) is 52.2 Å². The molecule has 116 valence electrons. The van der Waals surface area contributed by atoms with E-state index in [1.807, 2.05) is 0 Å². The monoisotopic (exact) mass is 313 g/mol. The van der Waals surface area contributed by atoms with Gasteiger partial charge in [0.1, 0.15) is 5.54 Å². The maximum absolute atomic E-state index is 12.0. The molecule has 20 heavy (non-hydrogen) atoms. The zero-order valence-electron chi connectivity index (χ0n) is 11.2. The Bertz CT molecular complexity index is 367. The number of hydrogen-bond donors (Lipinski definition) is 1. The van der Waals surface area contributed by atoms with E-state index in [1.54, 1.807) is 0 Å². The summed E-state index contributed by atoms with van der Waals surface area (Å²) in [7, 11) is 1.37. The maximum atomic E-state index is 12.0. The Kier molecular flexibility index (Phi) is 5.73. The predicted octanol–water partition coefficient (Wildman–Crippen LogP) is 2.53. The maximum Gasteiger partial charge on any atom is 0.397 e. The quantitative estimate of drug-likeness (QED) is 0.847. The highest BCUT2D eigenvalue weighted by Gasteiger charge is 2.45. The number of amides is 1. The molecule has 0 aromatic carbocycles. The van der Waals surface area contributed by atoms with Crippen LogP contribution in [0.25, 0.3) is 0 Å². The van der Waals surface area contributed by atoms with E-state index in [0.29, 0.717) is 37.4 Å². The standard InChI is InChI=1S/C12H18F3NO3S/c1-16(9(17)7-20-8-12(13,14)15)11(10(18)19)5-3-2-4-6-11/h2-8H2,1H3,(H,18,19). The van der Waals surface area contributed by atoms with Gasteiger partial charge >= 0.3 is 12.1 Å². The number of carboxylic acid groups (broad SMARTS) is 1. The van der Waals surface area contributed by atoms with Gasteiger partial charge in [0.25, 0.3) is 0 Å². The third-order valence-corrected chi connectivity index (χ3v) is 4.57. The number of hydrogen-bond acceptors (Lipinski definition) is 3. The lowest BCUT2D eigenvalue weighted by Gasteiger charge is -2.41. The average molecular weight is 313 g/mol. The number of alkyl halides is 3. The first kappa shape index (κ1) is 17.1. The molecule has 0 atom stereocenters. The number of nitrogens with zero attached hydrogens (tertiary/aromatic N) is 1. The summed E-state index contributed by atoms with van der Waals surface area (Å²) in [6.07, 6.45) is -1.28. The Labute approximate surface area is 119 Å². The van der Waals surface area contributed by atoms with Gasteiger partial charge < -0.3 is 10.0 Å². The minimum Gasteiger partial charge on any atom is -0.479 e. The van der Waals surface area contributed by atoms with E-state index < -0.39 is 29.3 Å². The van der Waals surface area contributed by atoms with Gasteiger partial charge in [0, 0.05) is 7.05 Å². The number of halogens is 3. The molecule has 0 saturated heterocycles. The average Bonchev–Trinajstić information content (AvgIpc) is 2.36. The molecule has 0 aromatic rings. The van der Waals surface area contributed by atoms with Crippen LogP contribution in [0.1, 0.15) is 32.1 Å². The Balaban J connectivity index is 2.63. The summed E-state index contributed by atoms with van der Waals surface area (Å²) < 4.78 is 36.1. The van der Waals surface area contributed by atoms with Crippen molar-refractivity contribution in [2.75, 3.05) is 18.6 Å². The first-order valence-corrected chi connectivity index (χ1v) is 7.49. The second kappa shape index (κ2) is 6.69. The van der Waals surface area contributed by atoms with Gasteiger partial charge in [-0.2, -0.15) is 13.2 Å². The fourth-order valence-electron chi connectivity index (χ4n) is 2.42. The number of likely N-dealkylation sites (N-methyl/N-ethyl adjacent to an activating group) is 1. The molecular formula is C12H18F3NO3S. The number of rotatable bonds is 5. The first-order valence-electron chi connectivity index (χ1n) is 6.33. The third kappa shape index (κ3) is 4.29. The molecule has 0 heterocycles. The van der Waals surface area contributed by atoms with Crippen LogP contribution in [0.5, 0.6) is 0 Å². The molecule has 8 heteroatoms. The van der Waals surface area contributed by atoms with Crippen molar-refractivity contribution >= 4 is 23.6 Å². The Morgan fingerprint density at radius 3 is 2.25 bits per heavy atom. The number of carboxylic acids is 1. The normalized spacial score (nSPS) is 18.6. The highest BCUT2D eigenvalue weighted by atomic mass is 32.2.